The first-order chi connectivity index (χ1) is 15.0. The van der Waals surface area contributed by atoms with Crippen LogP contribution < -0.4 is 5.56 Å². The van der Waals surface area contributed by atoms with Gasteiger partial charge in [0.05, 0.1) is 6.20 Å². The number of fused-ring (bicyclic) bond motifs is 4. The van der Waals surface area contributed by atoms with Gasteiger partial charge in [-0.25, -0.2) is 4.39 Å². The highest BCUT2D eigenvalue weighted by Gasteiger charge is 2.35. The minimum atomic E-state index is -0.229. The third kappa shape index (κ3) is 4.34. The van der Waals surface area contributed by atoms with Gasteiger partial charge in [0.25, 0.3) is 5.56 Å². The number of hydrogen-bond acceptors (Lipinski definition) is 4. The van der Waals surface area contributed by atoms with Gasteiger partial charge >= 0.3 is 0 Å². The number of likely N-dealkylation sites (tertiary alicyclic amines) is 1. The average Bonchev–Trinajstić information content (AvgIpc) is 3.23. The fourth-order valence-corrected chi connectivity index (χ4v) is 5.26. The molecule has 1 saturated heterocycles. The van der Waals surface area contributed by atoms with Crippen molar-refractivity contribution in [3.63, 3.8) is 0 Å². The van der Waals surface area contributed by atoms with Crippen molar-refractivity contribution in [2.24, 2.45) is 5.92 Å². The Morgan fingerprint density at radius 3 is 2.87 bits per heavy atom. The summed E-state index contributed by atoms with van der Waals surface area (Å²) >= 11 is 0. The molecule has 0 spiro atoms. The zero-order valence-corrected chi connectivity index (χ0v) is 17.8. The molecule has 31 heavy (non-hydrogen) atoms. The fourth-order valence-electron chi connectivity index (χ4n) is 5.26. The highest BCUT2D eigenvalue weighted by Crippen LogP contribution is 2.35. The first-order valence-electron chi connectivity index (χ1n) is 10.9. The van der Waals surface area contributed by atoms with E-state index in [1.807, 2.05) is 36.1 Å². The topological polar surface area (TPSA) is 57.2 Å². The summed E-state index contributed by atoms with van der Waals surface area (Å²) in [5, 5.41) is 6.94. The second-order valence-electron chi connectivity index (χ2n) is 9.10. The van der Waals surface area contributed by atoms with Gasteiger partial charge in [-0.1, -0.05) is 18.2 Å². The van der Waals surface area contributed by atoms with Crippen molar-refractivity contribution in [2.45, 2.75) is 38.5 Å². The van der Waals surface area contributed by atoms with Crippen molar-refractivity contribution in [2.75, 3.05) is 20.1 Å². The molecular weight excluding hydrogens is 393 g/mol. The highest BCUT2D eigenvalue weighted by atomic mass is 19.1. The van der Waals surface area contributed by atoms with Crippen molar-refractivity contribution in [1.29, 1.82) is 0 Å². The van der Waals surface area contributed by atoms with Crippen LogP contribution in [0.4, 0.5) is 4.39 Å². The molecule has 0 amide bonds. The first-order valence-corrected chi connectivity index (χ1v) is 10.9. The molecule has 1 N–H and O–H groups in total. The predicted molar refractivity (Wildman–Crippen MR) is 117 cm³/mol. The second-order valence-corrected chi connectivity index (χ2v) is 9.10. The van der Waals surface area contributed by atoms with Crippen LogP contribution in [0.2, 0.25) is 0 Å². The Hall–Kier alpha value is -2.77. The maximum atomic E-state index is 13.5. The van der Waals surface area contributed by atoms with E-state index in [2.05, 4.69) is 26.1 Å². The van der Waals surface area contributed by atoms with Crippen LogP contribution >= 0.6 is 0 Å². The van der Waals surface area contributed by atoms with E-state index >= 15 is 0 Å². The zero-order chi connectivity index (χ0) is 21.4. The van der Waals surface area contributed by atoms with Crippen LogP contribution in [0, 0.1) is 11.7 Å². The van der Waals surface area contributed by atoms with Crippen molar-refractivity contribution in [3.8, 4) is 0 Å². The number of nitrogens with zero attached hydrogens (tertiary/aromatic N) is 4. The summed E-state index contributed by atoms with van der Waals surface area (Å²) < 4.78 is 15.5. The lowest BCUT2D eigenvalue weighted by Gasteiger charge is -2.43. The maximum absolute atomic E-state index is 13.5. The summed E-state index contributed by atoms with van der Waals surface area (Å²) in [5.74, 6) is 0.662. The smallest absolute Gasteiger partial charge is 0.255 e. The van der Waals surface area contributed by atoms with Gasteiger partial charge in [-0.05, 0) is 43.1 Å². The molecular formula is C24H28FN5O. The van der Waals surface area contributed by atoms with Crippen LogP contribution in [0.1, 0.15) is 34.7 Å². The third-order valence-corrected chi connectivity index (χ3v) is 6.50. The number of benzene rings is 1. The van der Waals surface area contributed by atoms with Crippen molar-refractivity contribution in [1.82, 2.24) is 24.6 Å². The molecule has 0 radical (unpaired) electrons. The molecule has 2 aliphatic rings. The second kappa shape index (κ2) is 8.40. The number of pyridine rings is 1. The monoisotopic (exact) mass is 421 g/mol. The Morgan fingerprint density at radius 2 is 2.06 bits per heavy atom. The lowest BCUT2D eigenvalue weighted by Crippen LogP contribution is -2.47. The van der Waals surface area contributed by atoms with E-state index in [9.17, 15) is 9.18 Å². The summed E-state index contributed by atoms with van der Waals surface area (Å²) in [7, 11) is 1.97. The number of nitrogens with one attached hydrogen (secondary N) is 1. The minimum Gasteiger partial charge on any atom is -0.312 e. The third-order valence-electron chi connectivity index (χ3n) is 6.50. The van der Waals surface area contributed by atoms with Crippen LogP contribution in [-0.2, 0) is 26.2 Å². The molecule has 2 aliphatic heterocycles. The van der Waals surface area contributed by atoms with E-state index < -0.39 is 0 Å². The summed E-state index contributed by atoms with van der Waals surface area (Å²) in [6, 6.07) is 10.8. The summed E-state index contributed by atoms with van der Waals surface area (Å²) in [4.78, 5) is 17.8. The Bertz CT molecular complexity index is 1110. The van der Waals surface area contributed by atoms with Crippen molar-refractivity contribution >= 4 is 0 Å². The van der Waals surface area contributed by atoms with E-state index in [4.69, 9.17) is 0 Å². The maximum Gasteiger partial charge on any atom is 0.255 e. The number of hydrogen-bond donors (Lipinski definition) is 1. The van der Waals surface area contributed by atoms with Gasteiger partial charge in [-0.3, -0.25) is 19.7 Å². The molecule has 7 heteroatoms. The summed E-state index contributed by atoms with van der Waals surface area (Å²) in [6.07, 6.45) is 4.99. The molecule has 1 aromatic carbocycles. The number of H-pyrrole nitrogens is 1. The Kier molecular flexibility index (Phi) is 5.46. The van der Waals surface area contributed by atoms with Crippen molar-refractivity contribution in [3.05, 3.63) is 87.3 Å². The first kappa shape index (κ1) is 20.2. The van der Waals surface area contributed by atoms with Gasteiger partial charge in [0.1, 0.15) is 5.82 Å². The van der Waals surface area contributed by atoms with Crippen LogP contribution in [-0.4, -0.2) is 44.7 Å². The average molecular weight is 422 g/mol. The highest BCUT2D eigenvalue weighted by molar-refractivity contribution is 5.23. The zero-order valence-electron chi connectivity index (χ0n) is 17.8. The van der Waals surface area contributed by atoms with E-state index in [0.717, 1.165) is 49.4 Å². The van der Waals surface area contributed by atoms with Gasteiger partial charge in [0.15, 0.2) is 0 Å². The lowest BCUT2D eigenvalue weighted by molar-refractivity contribution is 0.114. The Labute approximate surface area is 181 Å². The Balaban J connectivity index is 1.30. The number of halogens is 1. The SMILES string of the molecule is CN(Cc1cccc(F)c1)Cc1ccc2n(c1=O)C[C@H]1C[C@@H]2CN(Cc2cn[nH]c2)C1. The molecule has 162 valence electrons. The molecule has 5 rings (SSSR count). The van der Waals surface area contributed by atoms with Crippen LogP contribution in [0.3, 0.4) is 0 Å². The standard InChI is InChI=1S/C24H28FN5O/c1-28(11-17-3-2-4-22(25)8-17)15-20-5-6-23-21-7-18(14-30(23)24(20)31)12-29(16-21)13-19-9-26-27-10-19/h2-6,8-10,18,21H,7,11-16H2,1H3,(H,26,27)/t18-,21+/m0/s1. The number of rotatable bonds is 6. The van der Waals surface area contributed by atoms with Gasteiger partial charge in [-0.2, -0.15) is 5.10 Å². The molecule has 0 aliphatic carbocycles. The van der Waals surface area contributed by atoms with Crippen LogP contribution in [0.25, 0.3) is 0 Å². The largest absolute Gasteiger partial charge is 0.312 e. The van der Waals surface area contributed by atoms with Gasteiger partial charge in [0.2, 0.25) is 0 Å². The normalized spacial score (nSPS) is 20.7. The molecule has 0 saturated carbocycles. The Morgan fingerprint density at radius 1 is 1.16 bits per heavy atom. The molecule has 0 unspecified atom stereocenters. The molecule has 4 heterocycles. The minimum absolute atomic E-state index is 0.126. The summed E-state index contributed by atoms with van der Waals surface area (Å²) in [5.41, 5.74) is 4.20. The fraction of sp³-hybridized carbons (Fsp3) is 0.417. The quantitative estimate of drug-likeness (QED) is 0.665. The molecule has 2 atom stereocenters. The van der Waals surface area contributed by atoms with Crippen LogP contribution in [0.15, 0.2) is 53.6 Å². The van der Waals surface area contributed by atoms with E-state index in [1.165, 1.54) is 11.6 Å². The number of piperidine rings is 1. The molecule has 6 nitrogen and oxygen atoms in total. The molecule has 1 fully saturated rings. The summed E-state index contributed by atoms with van der Waals surface area (Å²) in [6.45, 7) is 4.83. The molecule has 3 aromatic rings. The van der Waals surface area contributed by atoms with E-state index in [0.29, 0.717) is 24.9 Å². The van der Waals surface area contributed by atoms with E-state index in [1.54, 1.807) is 12.1 Å². The molecule has 2 aromatic heterocycles. The van der Waals surface area contributed by atoms with Gasteiger partial charge < -0.3 is 4.57 Å². The van der Waals surface area contributed by atoms with Gasteiger partial charge in [-0.15, -0.1) is 0 Å². The van der Waals surface area contributed by atoms with Gasteiger partial charge in [0, 0.05) is 68.2 Å². The number of aromatic nitrogens is 3. The van der Waals surface area contributed by atoms with Crippen molar-refractivity contribution < 1.29 is 4.39 Å². The van der Waals surface area contributed by atoms with Crippen LogP contribution in [0.5, 0.6) is 0 Å². The predicted octanol–water partition coefficient (Wildman–Crippen LogP) is 2.96. The number of aromatic amines is 1. The lowest BCUT2D eigenvalue weighted by atomic mass is 9.83. The molecule has 2 bridgehead atoms. The van der Waals surface area contributed by atoms with E-state index in [-0.39, 0.29) is 11.4 Å².